The average Bonchev–Trinajstić information content (AvgIpc) is 2.82. The second kappa shape index (κ2) is 6.37. The number of rotatable bonds is 5. The summed E-state index contributed by atoms with van der Waals surface area (Å²) < 4.78 is 53.3. The van der Waals surface area contributed by atoms with E-state index in [1.54, 1.807) is 6.92 Å². The number of benzene rings is 1. The molecular weight excluding hydrogens is 300 g/mol. The molecule has 1 aromatic rings. The van der Waals surface area contributed by atoms with Gasteiger partial charge in [-0.2, -0.15) is 4.31 Å². The van der Waals surface area contributed by atoms with Crippen LogP contribution in [-0.4, -0.2) is 36.5 Å². The molecular formula is C14H19F2NO3S. The zero-order valence-electron chi connectivity index (χ0n) is 11.8. The topological polar surface area (TPSA) is 57.6 Å². The van der Waals surface area contributed by atoms with Gasteiger partial charge in [-0.3, -0.25) is 0 Å². The normalized spacial score (nSPS) is 21.6. The molecule has 1 aromatic carbocycles. The van der Waals surface area contributed by atoms with Crippen molar-refractivity contribution in [1.82, 2.24) is 4.31 Å². The van der Waals surface area contributed by atoms with E-state index in [1.165, 1.54) is 10.4 Å². The van der Waals surface area contributed by atoms with E-state index in [1.807, 2.05) is 0 Å². The average molecular weight is 319 g/mol. The van der Waals surface area contributed by atoms with Crippen molar-refractivity contribution >= 4 is 10.0 Å². The summed E-state index contributed by atoms with van der Waals surface area (Å²) in [6.07, 6.45) is 1.06. The predicted molar refractivity (Wildman–Crippen MR) is 75.0 cm³/mol. The van der Waals surface area contributed by atoms with Crippen molar-refractivity contribution < 1.29 is 22.3 Å². The Morgan fingerprint density at radius 1 is 1.38 bits per heavy atom. The minimum absolute atomic E-state index is 0.301. The molecule has 1 aliphatic heterocycles. The Bertz CT molecular complexity index is 584. The molecule has 7 heteroatoms. The third-order valence-corrected chi connectivity index (χ3v) is 5.53. The molecule has 1 aliphatic rings. The van der Waals surface area contributed by atoms with Crippen LogP contribution in [0.3, 0.4) is 0 Å². The van der Waals surface area contributed by atoms with Gasteiger partial charge in [0, 0.05) is 18.2 Å². The third kappa shape index (κ3) is 3.78. The zero-order valence-corrected chi connectivity index (χ0v) is 12.6. The maximum absolute atomic E-state index is 13.6. The quantitative estimate of drug-likeness (QED) is 0.903. The summed E-state index contributed by atoms with van der Waals surface area (Å²) in [5.41, 5.74) is -0.430. The van der Waals surface area contributed by atoms with E-state index in [4.69, 9.17) is 0 Å². The first-order valence-corrected chi connectivity index (χ1v) is 8.52. The molecule has 0 aromatic heterocycles. The summed E-state index contributed by atoms with van der Waals surface area (Å²) >= 11 is 0. The summed E-state index contributed by atoms with van der Waals surface area (Å²) in [7, 11) is -3.81. The van der Waals surface area contributed by atoms with E-state index < -0.39 is 39.1 Å². The van der Waals surface area contributed by atoms with E-state index in [2.05, 4.69) is 0 Å². The van der Waals surface area contributed by atoms with Crippen molar-refractivity contribution in [3.05, 3.63) is 35.4 Å². The molecule has 1 N–H and O–H groups in total. The van der Waals surface area contributed by atoms with Crippen LogP contribution in [0.15, 0.2) is 18.2 Å². The van der Waals surface area contributed by atoms with Crippen LogP contribution in [0.1, 0.15) is 31.7 Å². The summed E-state index contributed by atoms with van der Waals surface area (Å²) in [5.74, 6) is -2.41. The van der Waals surface area contributed by atoms with Gasteiger partial charge in [0.2, 0.25) is 10.0 Å². The Morgan fingerprint density at radius 2 is 2.00 bits per heavy atom. The van der Waals surface area contributed by atoms with E-state index in [9.17, 15) is 22.3 Å². The first-order chi connectivity index (χ1) is 9.81. The number of aliphatic hydroxyl groups excluding tert-OH is 1. The van der Waals surface area contributed by atoms with Crippen molar-refractivity contribution in [3.8, 4) is 0 Å². The van der Waals surface area contributed by atoms with Crippen LogP contribution in [0.5, 0.6) is 0 Å². The maximum atomic E-state index is 13.6. The molecule has 0 spiro atoms. The van der Waals surface area contributed by atoms with Crippen LogP contribution in [0.2, 0.25) is 0 Å². The van der Waals surface area contributed by atoms with Crippen LogP contribution >= 0.6 is 0 Å². The molecule has 0 saturated carbocycles. The Hall–Kier alpha value is -1.05. The Kier molecular flexibility index (Phi) is 4.95. The standard InChI is InChI=1S/C14H19F2NO3S/c1-10(18)8-11-4-3-7-17(11)21(19,20)9-12-13(15)5-2-6-14(12)16/h2,5-6,10-11,18H,3-4,7-9H2,1H3. The molecule has 2 unspecified atom stereocenters. The molecule has 0 aliphatic carbocycles. The first kappa shape index (κ1) is 16.3. The van der Waals surface area contributed by atoms with Crippen molar-refractivity contribution in [1.29, 1.82) is 0 Å². The zero-order chi connectivity index (χ0) is 15.6. The third-order valence-electron chi connectivity index (χ3n) is 3.68. The number of halogens is 2. The number of aliphatic hydroxyl groups is 1. The first-order valence-electron chi connectivity index (χ1n) is 6.91. The van der Waals surface area contributed by atoms with E-state index in [0.29, 0.717) is 25.8 Å². The molecule has 2 atom stereocenters. The second-order valence-electron chi connectivity index (χ2n) is 5.45. The van der Waals surface area contributed by atoms with Gasteiger partial charge in [-0.1, -0.05) is 6.07 Å². The smallest absolute Gasteiger partial charge is 0.218 e. The molecule has 0 radical (unpaired) electrons. The fourth-order valence-electron chi connectivity index (χ4n) is 2.74. The molecule has 118 valence electrons. The second-order valence-corrected chi connectivity index (χ2v) is 7.37. The fourth-order valence-corrected chi connectivity index (χ4v) is 4.60. The molecule has 0 amide bonds. The highest BCUT2D eigenvalue weighted by Crippen LogP contribution is 2.27. The van der Waals surface area contributed by atoms with Gasteiger partial charge in [-0.05, 0) is 38.3 Å². The number of hydrogen-bond donors (Lipinski definition) is 1. The number of nitrogens with zero attached hydrogens (tertiary/aromatic N) is 1. The molecule has 21 heavy (non-hydrogen) atoms. The van der Waals surface area contributed by atoms with Gasteiger partial charge in [0.15, 0.2) is 0 Å². The molecule has 0 bridgehead atoms. The summed E-state index contributed by atoms with van der Waals surface area (Å²) in [4.78, 5) is 0. The van der Waals surface area contributed by atoms with E-state index in [-0.39, 0.29) is 6.04 Å². The van der Waals surface area contributed by atoms with Gasteiger partial charge in [0.05, 0.1) is 11.9 Å². The lowest BCUT2D eigenvalue weighted by Crippen LogP contribution is -2.38. The summed E-state index contributed by atoms with van der Waals surface area (Å²) in [6.45, 7) is 1.93. The summed E-state index contributed by atoms with van der Waals surface area (Å²) in [6, 6.07) is 2.99. The van der Waals surface area contributed by atoms with Crippen LogP contribution in [0.25, 0.3) is 0 Å². The van der Waals surface area contributed by atoms with Crippen LogP contribution in [-0.2, 0) is 15.8 Å². The molecule has 2 rings (SSSR count). The molecule has 1 saturated heterocycles. The number of sulfonamides is 1. The maximum Gasteiger partial charge on any atom is 0.218 e. The number of hydrogen-bond acceptors (Lipinski definition) is 3. The fraction of sp³-hybridized carbons (Fsp3) is 0.571. The Morgan fingerprint density at radius 3 is 2.57 bits per heavy atom. The van der Waals surface area contributed by atoms with Gasteiger partial charge in [0.1, 0.15) is 11.6 Å². The van der Waals surface area contributed by atoms with Gasteiger partial charge < -0.3 is 5.11 Å². The van der Waals surface area contributed by atoms with Crippen LogP contribution < -0.4 is 0 Å². The monoisotopic (exact) mass is 319 g/mol. The van der Waals surface area contributed by atoms with Crippen molar-refractivity contribution in [2.24, 2.45) is 0 Å². The Balaban J connectivity index is 2.22. The van der Waals surface area contributed by atoms with Crippen molar-refractivity contribution in [2.75, 3.05) is 6.54 Å². The Labute approximate surface area is 123 Å². The summed E-state index contributed by atoms with van der Waals surface area (Å²) in [5, 5.41) is 9.43. The lowest BCUT2D eigenvalue weighted by Gasteiger charge is -2.25. The lowest BCUT2D eigenvalue weighted by molar-refractivity contribution is 0.158. The van der Waals surface area contributed by atoms with Gasteiger partial charge in [-0.15, -0.1) is 0 Å². The van der Waals surface area contributed by atoms with Gasteiger partial charge in [0.25, 0.3) is 0 Å². The van der Waals surface area contributed by atoms with Crippen LogP contribution in [0, 0.1) is 11.6 Å². The largest absolute Gasteiger partial charge is 0.393 e. The van der Waals surface area contributed by atoms with E-state index in [0.717, 1.165) is 12.1 Å². The highest BCUT2D eigenvalue weighted by atomic mass is 32.2. The van der Waals surface area contributed by atoms with Gasteiger partial charge >= 0.3 is 0 Å². The van der Waals surface area contributed by atoms with Gasteiger partial charge in [-0.25, -0.2) is 17.2 Å². The van der Waals surface area contributed by atoms with Crippen LogP contribution in [0.4, 0.5) is 8.78 Å². The molecule has 1 fully saturated rings. The van der Waals surface area contributed by atoms with Crippen molar-refractivity contribution in [3.63, 3.8) is 0 Å². The minimum Gasteiger partial charge on any atom is -0.393 e. The highest BCUT2D eigenvalue weighted by Gasteiger charge is 2.35. The predicted octanol–water partition coefficient (Wildman–Crippen LogP) is 2.03. The molecule has 1 heterocycles. The minimum atomic E-state index is -3.81. The van der Waals surface area contributed by atoms with Crippen molar-refractivity contribution in [2.45, 2.75) is 44.1 Å². The lowest BCUT2D eigenvalue weighted by atomic mass is 10.1. The molecule has 4 nitrogen and oxygen atoms in total. The highest BCUT2D eigenvalue weighted by molar-refractivity contribution is 7.88. The SMILES string of the molecule is CC(O)CC1CCCN1S(=O)(=O)Cc1c(F)cccc1F. The van der Waals surface area contributed by atoms with E-state index >= 15 is 0 Å².